The van der Waals surface area contributed by atoms with Crippen molar-refractivity contribution >= 4 is 5.97 Å². The Labute approximate surface area is 93.6 Å². The summed E-state index contributed by atoms with van der Waals surface area (Å²) in [5.74, 6) is 0.0751. The molecule has 0 aromatic heterocycles. The minimum absolute atomic E-state index is 0.0623. The summed E-state index contributed by atoms with van der Waals surface area (Å²) in [6.45, 7) is 2.98. The number of methoxy groups -OCH3 is 2. The molecule has 0 saturated carbocycles. The topological polar surface area (TPSA) is 65.0 Å². The van der Waals surface area contributed by atoms with E-state index in [-0.39, 0.29) is 23.0 Å². The van der Waals surface area contributed by atoms with Gasteiger partial charge >= 0.3 is 5.97 Å². The van der Waals surface area contributed by atoms with Crippen LogP contribution in [0.1, 0.15) is 12.5 Å². The van der Waals surface area contributed by atoms with Crippen LogP contribution in [0.5, 0.6) is 23.0 Å². The monoisotopic (exact) mass is 226 g/mol. The van der Waals surface area contributed by atoms with Gasteiger partial charge in [0.2, 0.25) is 11.5 Å². The first-order valence-electron chi connectivity index (χ1n) is 4.64. The number of hydrogen-bond acceptors (Lipinski definition) is 5. The fourth-order valence-corrected chi connectivity index (χ4v) is 1.39. The molecule has 0 fully saturated rings. The van der Waals surface area contributed by atoms with E-state index in [4.69, 9.17) is 14.2 Å². The summed E-state index contributed by atoms with van der Waals surface area (Å²) >= 11 is 0. The molecule has 88 valence electrons. The van der Waals surface area contributed by atoms with Gasteiger partial charge in [-0.1, -0.05) is 0 Å². The molecule has 1 rings (SSSR count). The van der Waals surface area contributed by atoms with Gasteiger partial charge in [0.1, 0.15) is 0 Å². The van der Waals surface area contributed by atoms with Crippen molar-refractivity contribution in [1.29, 1.82) is 0 Å². The van der Waals surface area contributed by atoms with Crippen LogP contribution in [0, 0.1) is 6.92 Å². The average molecular weight is 226 g/mol. The fourth-order valence-electron chi connectivity index (χ4n) is 1.39. The number of aromatic hydroxyl groups is 1. The summed E-state index contributed by atoms with van der Waals surface area (Å²) in [4.78, 5) is 10.9. The molecule has 0 aliphatic carbocycles. The van der Waals surface area contributed by atoms with Gasteiger partial charge in [0.15, 0.2) is 11.5 Å². The summed E-state index contributed by atoms with van der Waals surface area (Å²) in [7, 11) is 2.80. The highest BCUT2D eigenvalue weighted by molar-refractivity contribution is 5.73. The summed E-state index contributed by atoms with van der Waals surface area (Å²) in [6, 6.07) is 1.44. The highest BCUT2D eigenvalue weighted by Gasteiger charge is 2.20. The maximum absolute atomic E-state index is 10.9. The number of benzene rings is 1. The first-order chi connectivity index (χ1) is 7.51. The number of aryl methyl sites for hydroxylation is 1. The van der Waals surface area contributed by atoms with Crippen LogP contribution in [-0.2, 0) is 4.79 Å². The van der Waals surface area contributed by atoms with Crippen molar-refractivity contribution < 1.29 is 24.1 Å². The third-order valence-electron chi connectivity index (χ3n) is 2.01. The molecule has 5 heteroatoms. The van der Waals surface area contributed by atoms with E-state index >= 15 is 0 Å². The van der Waals surface area contributed by atoms with E-state index in [2.05, 4.69) is 0 Å². The van der Waals surface area contributed by atoms with E-state index < -0.39 is 5.97 Å². The molecule has 0 aliphatic rings. The second-order valence-electron chi connectivity index (χ2n) is 3.20. The zero-order valence-corrected chi connectivity index (χ0v) is 9.66. The molecule has 0 aliphatic heterocycles. The molecule has 0 atom stereocenters. The van der Waals surface area contributed by atoms with Gasteiger partial charge in [-0.3, -0.25) is 4.79 Å². The van der Waals surface area contributed by atoms with Gasteiger partial charge in [-0.25, -0.2) is 0 Å². The Bertz CT molecular complexity index is 411. The molecule has 1 aromatic rings. The highest BCUT2D eigenvalue weighted by Crippen LogP contribution is 2.45. The molecule has 1 aromatic carbocycles. The molecular formula is C11H14O5. The first kappa shape index (κ1) is 12.2. The molecule has 0 unspecified atom stereocenters. The summed E-state index contributed by atoms with van der Waals surface area (Å²) in [5.41, 5.74) is 0.588. The van der Waals surface area contributed by atoms with Crippen molar-refractivity contribution in [2.24, 2.45) is 0 Å². The fraction of sp³-hybridized carbons (Fsp3) is 0.364. The van der Waals surface area contributed by atoms with Gasteiger partial charge in [0.05, 0.1) is 14.2 Å². The number of carbonyl (C=O) groups is 1. The Hall–Kier alpha value is -1.91. The summed E-state index contributed by atoms with van der Waals surface area (Å²) < 4.78 is 15.1. The zero-order valence-electron chi connectivity index (χ0n) is 9.66. The van der Waals surface area contributed by atoms with E-state index in [1.165, 1.54) is 27.2 Å². The minimum atomic E-state index is -0.464. The lowest BCUT2D eigenvalue weighted by Gasteiger charge is -2.15. The van der Waals surface area contributed by atoms with Crippen LogP contribution < -0.4 is 14.2 Å². The molecule has 0 heterocycles. The van der Waals surface area contributed by atoms with E-state index in [1.807, 2.05) is 0 Å². The third kappa shape index (κ3) is 2.18. The predicted octanol–water partition coefficient (Wildman–Crippen LogP) is 1.64. The standard InChI is InChI=1S/C11H14O5/c1-6-5-8(13)10(14-3)11(15-4)9(6)16-7(2)12/h5,13H,1-4H3. The summed E-state index contributed by atoms with van der Waals surface area (Å²) in [6.07, 6.45) is 0. The Morgan fingerprint density at radius 1 is 1.19 bits per heavy atom. The molecule has 0 radical (unpaired) electrons. The molecule has 0 amide bonds. The van der Waals surface area contributed by atoms with Gasteiger partial charge in [-0.15, -0.1) is 0 Å². The van der Waals surface area contributed by atoms with Crippen molar-refractivity contribution in [3.63, 3.8) is 0 Å². The molecule has 5 nitrogen and oxygen atoms in total. The normalized spacial score (nSPS) is 9.75. The molecule has 16 heavy (non-hydrogen) atoms. The van der Waals surface area contributed by atoms with E-state index in [9.17, 15) is 9.90 Å². The molecule has 1 N–H and O–H groups in total. The molecular weight excluding hydrogens is 212 g/mol. The van der Waals surface area contributed by atoms with Crippen LogP contribution in [0.2, 0.25) is 0 Å². The second kappa shape index (κ2) is 4.74. The largest absolute Gasteiger partial charge is 0.504 e. The van der Waals surface area contributed by atoms with Crippen molar-refractivity contribution in [3.8, 4) is 23.0 Å². The Morgan fingerprint density at radius 2 is 1.75 bits per heavy atom. The van der Waals surface area contributed by atoms with Crippen LogP contribution >= 0.6 is 0 Å². The Balaban J connectivity index is 3.39. The summed E-state index contributed by atoms with van der Waals surface area (Å²) in [5, 5.41) is 9.62. The molecule has 0 spiro atoms. The number of ether oxygens (including phenoxy) is 3. The van der Waals surface area contributed by atoms with Gasteiger partial charge in [0, 0.05) is 6.92 Å². The molecule has 0 saturated heterocycles. The lowest BCUT2D eigenvalue weighted by Crippen LogP contribution is -2.05. The molecule has 0 bridgehead atoms. The van der Waals surface area contributed by atoms with Crippen molar-refractivity contribution in [1.82, 2.24) is 0 Å². The van der Waals surface area contributed by atoms with Crippen LogP contribution in [0.15, 0.2) is 6.07 Å². The average Bonchev–Trinajstić information content (AvgIpc) is 2.20. The van der Waals surface area contributed by atoms with Gasteiger partial charge in [-0.2, -0.15) is 0 Å². The Kier molecular flexibility index (Phi) is 3.60. The predicted molar refractivity (Wildman–Crippen MR) is 57.3 cm³/mol. The van der Waals surface area contributed by atoms with Gasteiger partial charge in [0.25, 0.3) is 0 Å². The van der Waals surface area contributed by atoms with Crippen LogP contribution in [-0.4, -0.2) is 25.3 Å². The quantitative estimate of drug-likeness (QED) is 0.627. The number of carbonyl (C=O) groups excluding carboxylic acids is 1. The van der Waals surface area contributed by atoms with E-state index in [1.54, 1.807) is 6.92 Å². The van der Waals surface area contributed by atoms with Crippen molar-refractivity contribution in [3.05, 3.63) is 11.6 Å². The Morgan fingerprint density at radius 3 is 2.19 bits per heavy atom. The lowest BCUT2D eigenvalue weighted by molar-refractivity contribution is -0.132. The SMILES string of the molecule is COc1c(O)cc(C)c(OC(C)=O)c1OC. The number of hydrogen-bond donors (Lipinski definition) is 1. The van der Waals surface area contributed by atoms with E-state index in [0.717, 1.165) is 0 Å². The minimum Gasteiger partial charge on any atom is -0.504 e. The van der Waals surface area contributed by atoms with Crippen LogP contribution in [0.3, 0.4) is 0 Å². The van der Waals surface area contributed by atoms with Crippen LogP contribution in [0.4, 0.5) is 0 Å². The number of phenolic OH excluding ortho intramolecular Hbond substituents is 1. The first-order valence-corrected chi connectivity index (χ1v) is 4.64. The maximum Gasteiger partial charge on any atom is 0.308 e. The van der Waals surface area contributed by atoms with E-state index in [0.29, 0.717) is 5.56 Å². The second-order valence-corrected chi connectivity index (χ2v) is 3.20. The number of rotatable bonds is 3. The lowest BCUT2D eigenvalue weighted by atomic mass is 10.1. The number of phenols is 1. The van der Waals surface area contributed by atoms with Crippen LogP contribution in [0.25, 0.3) is 0 Å². The van der Waals surface area contributed by atoms with Gasteiger partial charge < -0.3 is 19.3 Å². The smallest absolute Gasteiger partial charge is 0.308 e. The van der Waals surface area contributed by atoms with Crippen molar-refractivity contribution in [2.45, 2.75) is 13.8 Å². The zero-order chi connectivity index (χ0) is 12.3. The van der Waals surface area contributed by atoms with Crippen molar-refractivity contribution in [2.75, 3.05) is 14.2 Å². The highest BCUT2D eigenvalue weighted by atomic mass is 16.6. The third-order valence-corrected chi connectivity index (χ3v) is 2.01. The van der Waals surface area contributed by atoms with Gasteiger partial charge in [-0.05, 0) is 18.6 Å². The maximum atomic E-state index is 10.9. The number of esters is 1.